The van der Waals surface area contributed by atoms with Gasteiger partial charge in [0, 0.05) is 25.9 Å². The van der Waals surface area contributed by atoms with E-state index < -0.39 is 0 Å². The van der Waals surface area contributed by atoms with Crippen LogP contribution >= 0.6 is 0 Å². The Morgan fingerprint density at radius 3 is 2.53 bits per heavy atom. The molecule has 12 nitrogen and oxygen atoms in total. The van der Waals surface area contributed by atoms with Crippen LogP contribution in [-0.2, 0) is 14.3 Å². The summed E-state index contributed by atoms with van der Waals surface area (Å²) in [6.45, 7) is 3.94. The highest BCUT2D eigenvalue weighted by atomic mass is 16.5. The number of carbonyl (C=O) groups is 2. The molecule has 3 heterocycles. The van der Waals surface area contributed by atoms with Gasteiger partial charge in [-0.15, -0.1) is 0 Å². The zero-order chi connectivity index (χ0) is 23.9. The molecule has 0 unspecified atom stereocenters. The summed E-state index contributed by atoms with van der Waals surface area (Å²) in [5.74, 6) is 1.44. The number of nitrogens with one attached hydrogen (secondary N) is 3. The second-order valence-electron chi connectivity index (χ2n) is 8.26. The number of anilines is 5. The van der Waals surface area contributed by atoms with E-state index in [0.717, 1.165) is 32.1 Å². The van der Waals surface area contributed by atoms with Gasteiger partial charge in [0.05, 0.1) is 26.5 Å². The third kappa shape index (κ3) is 5.68. The molecule has 2 amide bonds. The van der Waals surface area contributed by atoms with Crippen molar-refractivity contribution in [3.05, 3.63) is 12.5 Å². The number of rotatable bonds is 7. The first-order valence-electron chi connectivity index (χ1n) is 11.5. The SMILES string of the molecule is COc1c(Nc2nc(NC(=O)C3CCCCC3)ncc2NC(C)=O)ncnc1N1CCOCC1. The van der Waals surface area contributed by atoms with Crippen LogP contribution in [0.1, 0.15) is 39.0 Å². The molecule has 2 aromatic rings. The Labute approximate surface area is 197 Å². The molecule has 0 spiro atoms. The van der Waals surface area contributed by atoms with Crippen molar-refractivity contribution >= 4 is 40.9 Å². The van der Waals surface area contributed by atoms with Crippen molar-refractivity contribution in [3.63, 3.8) is 0 Å². The smallest absolute Gasteiger partial charge is 0.231 e. The van der Waals surface area contributed by atoms with Crippen LogP contribution in [0.15, 0.2) is 12.5 Å². The molecule has 4 rings (SSSR count). The van der Waals surface area contributed by atoms with Gasteiger partial charge >= 0.3 is 0 Å². The molecular formula is C22H30N8O4. The predicted octanol–water partition coefficient (Wildman–Crippen LogP) is 2.33. The van der Waals surface area contributed by atoms with Gasteiger partial charge < -0.3 is 25.0 Å². The molecule has 1 saturated carbocycles. The number of methoxy groups -OCH3 is 1. The van der Waals surface area contributed by atoms with E-state index in [2.05, 4.69) is 40.8 Å². The van der Waals surface area contributed by atoms with E-state index in [-0.39, 0.29) is 29.5 Å². The molecule has 34 heavy (non-hydrogen) atoms. The summed E-state index contributed by atoms with van der Waals surface area (Å²) in [6.07, 6.45) is 7.86. The fraction of sp³-hybridized carbons (Fsp3) is 0.545. The fourth-order valence-corrected chi connectivity index (χ4v) is 4.15. The standard InChI is InChI=1S/C22H30N8O4/c1-14(31)26-16-12-23-22(29-21(32)15-6-4-3-5-7-15)28-18(16)27-19-17(33-2)20(25-13-24-19)30-8-10-34-11-9-30/h12-13,15H,3-11H2,1-2H3,(H,26,31)(H2,23,24,25,27,28,29,32). The molecule has 3 N–H and O–H groups in total. The van der Waals surface area contributed by atoms with Gasteiger partial charge in [-0.25, -0.2) is 15.0 Å². The van der Waals surface area contributed by atoms with Crippen LogP contribution in [0.2, 0.25) is 0 Å². The van der Waals surface area contributed by atoms with Gasteiger partial charge in [0.2, 0.25) is 23.5 Å². The number of hydrogen-bond donors (Lipinski definition) is 3. The van der Waals surface area contributed by atoms with Crippen LogP contribution in [0.25, 0.3) is 0 Å². The van der Waals surface area contributed by atoms with Crippen LogP contribution in [0, 0.1) is 5.92 Å². The average molecular weight is 471 g/mol. The fourth-order valence-electron chi connectivity index (χ4n) is 4.15. The highest BCUT2D eigenvalue weighted by Gasteiger charge is 2.24. The van der Waals surface area contributed by atoms with Crippen molar-refractivity contribution in [3.8, 4) is 5.75 Å². The minimum Gasteiger partial charge on any atom is -0.490 e. The molecule has 0 radical (unpaired) electrons. The van der Waals surface area contributed by atoms with E-state index >= 15 is 0 Å². The van der Waals surface area contributed by atoms with Crippen molar-refractivity contribution in [2.45, 2.75) is 39.0 Å². The molecule has 0 bridgehead atoms. The number of carbonyl (C=O) groups excluding carboxylic acids is 2. The van der Waals surface area contributed by atoms with Crippen molar-refractivity contribution < 1.29 is 19.1 Å². The van der Waals surface area contributed by atoms with Gasteiger partial charge in [-0.3, -0.25) is 14.9 Å². The Morgan fingerprint density at radius 2 is 1.82 bits per heavy atom. The molecule has 2 aliphatic rings. The molecule has 1 saturated heterocycles. The summed E-state index contributed by atoms with van der Waals surface area (Å²) in [4.78, 5) is 43.9. The van der Waals surface area contributed by atoms with E-state index in [9.17, 15) is 9.59 Å². The summed E-state index contributed by atoms with van der Waals surface area (Å²) in [6, 6.07) is 0. The van der Waals surface area contributed by atoms with Crippen molar-refractivity contribution in [1.29, 1.82) is 0 Å². The highest BCUT2D eigenvalue weighted by Crippen LogP contribution is 2.35. The molecule has 2 aromatic heterocycles. The van der Waals surface area contributed by atoms with Gasteiger partial charge in [-0.1, -0.05) is 19.3 Å². The van der Waals surface area contributed by atoms with Crippen molar-refractivity contribution in [1.82, 2.24) is 19.9 Å². The van der Waals surface area contributed by atoms with Crippen LogP contribution in [0.5, 0.6) is 5.75 Å². The summed E-state index contributed by atoms with van der Waals surface area (Å²) in [5.41, 5.74) is 0.344. The molecule has 2 fully saturated rings. The lowest BCUT2D eigenvalue weighted by Crippen LogP contribution is -2.37. The van der Waals surface area contributed by atoms with Crippen LogP contribution in [0.4, 0.5) is 29.1 Å². The number of aromatic nitrogens is 4. The lowest BCUT2D eigenvalue weighted by Gasteiger charge is -2.29. The second-order valence-corrected chi connectivity index (χ2v) is 8.26. The summed E-state index contributed by atoms with van der Waals surface area (Å²) in [5, 5.41) is 8.63. The second kappa shape index (κ2) is 11.1. The number of morpholine rings is 1. The zero-order valence-corrected chi connectivity index (χ0v) is 19.5. The quantitative estimate of drug-likeness (QED) is 0.551. The van der Waals surface area contributed by atoms with Crippen molar-refractivity contribution in [2.24, 2.45) is 5.92 Å². The zero-order valence-electron chi connectivity index (χ0n) is 19.5. The molecular weight excluding hydrogens is 440 g/mol. The molecule has 12 heteroatoms. The number of ether oxygens (including phenoxy) is 2. The van der Waals surface area contributed by atoms with Gasteiger partial charge in [0.15, 0.2) is 17.5 Å². The minimum atomic E-state index is -0.283. The summed E-state index contributed by atoms with van der Waals surface area (Å²) in [7, 11) is 1.54. The monoisotopic (exact) mass is 470 g/mol. The topological polar surface area (TPSA) is 143 Å². The third-order valence-electron chi connectivity index (χ3n) is 5.85. The molecule has 1 aliphatic carbocycles. The van der Waals surface area contributed by atoms with Crippen LogP contribution < -0.4 is 25.6 Å². The molecule has 0 atom stereocenters. The van der Waals surface area contributed by atoms with E-state index in [0.29, 0.717) is 49.4 Å². The minimum absolute atomic E-state index is 0.0400. The Bertz CT molecular complexity index is 1020. The lowest BCUT2D eigenvalue weighted by atomic mass is 9.89. The number of amides is 2. The van der Waals surface area contributed by atoms with E-state index in [1.807, 2.05) is 0 Å². The Balaban J connectivity index is 1.61. The Morgan fingerprint density at radius 1 is 1.06 bits per heavy atom. The third-order valence-corrected chi connectivity index (χ3v) is 5.85. The maximum atomic E-state index is 12.7. The van der Waals surface area contributed by atoms with Gasteiger partial charge in [0.1, 0.15) is 12.0 Å². The van der Waals surface area contributed by atoms with Crippen molar-refractivity contribution in [2.75, 3.05) is 54.3 Å². The summed E-state index contributed by atoms with van der Waals surface area (Å²) < 4.78 is 11.1. The number of nitrogens with zero attached hydrogens (tertiary/aromatic N) is 5. The van der Waals surface area contributed by atoms with E-state index in [1.165, 1.54) is 19.4 Å². The first-order chi connectivity index (χ1) is 16.5. The average Bonchev–Trinajstić information content (AvgIpc) is 2.86. The van der Waals surface area contributed by atoms with Crippen LogP contribution in [-0.4, -0.2) is 65.2 Å². The highest BCUT2D eigenvalue weighted by molar-refractivity contribution is 5.94. The number of hydrogen-bond acceptors (Lipinski definition) is 10. The molecule has 0 aromatic carbocycles. The molecule has 1 aliphatic heterocycles. The molecule has 182 valence electrons. The Hall–Kier alpha value is -3.54. The largest absolute Gasteiger partial charge is 0.490 e. The maximum Gasteiger partial charge on any atom is 0.231 e. The first kappa shape index (κ1) is 23.6. The first-order valence-corrected chi connectivity index (χ1v) is 11.5. The lowest BCUT2D eigenvalue weighted by molar-refractivity contribution is -0.120. The Kier molecular flexibility index (Phi) is 7.68. The van der Waals surface area contributed by atoms with E-state index in [1.54, 1.807) is 7.11 Å². The van der Waals surface area contributed by atoms with Gasteiger partial charge in [-0.2, -0.15) is 4.98 Å². The predicted molar refractivity (Wildman–Crippen MR) is 126 cm³/mol. The normalized spacial score (nSPS) is 16.6. The maximum absolute atomic E-state index is 12.7. The van der Waals surface area contributed by atoms with Crippen LogP contribution in [0.3, 0.4) is 0 Å². The van der Waals surface area contributed by atoms with Gasteiger partial charge in [-0.05, 0) is 12.8 Å². The summed E-state index contributed by atoms with van der Waals surface area (Å²) >= 11 is 0. The van der Waals surface area contributed by atoms with E-state index in [4.69, 9.17) is 9.47 Å². The van der Waals surface area contributed by atoms with Gasteiger partial charge in [0.25, 0.3) is 0 Å².